The van der Waals surface area contributed by atoms with E-state index in [2.05, 4.69) is 41.2 Å². The van der Waals surface area contributed by atoms with E-state index in [-0.39, 0.29) is 0 Å². The van der Waals surface area contributed by atoms with E-state index in [1.54, 1.807) is 11.3 Å². The van der Waals surface area contributed by atoms with Crippen LogP contribution in [0, 0.1) is 0 Å². The highest BCUT2D eigenvalue weighted by atomic mass is 32.1. The predicted octanol–water partition coefficient (Wildman–Crippen LogP) is 2.20. The van der Waals surface area contributed by atoms with Crippen LogP contribution in [-0.4, -0.2) is 34.7 Å². The summed E-state index contributed by atoms with van der Waals surface area (Å²) in [4.78, 5) is 2.42. The van der Waals surface area contributed by atoms with Gasteiger partial charge in [0.15, 0.2) is 0 Å². The molecule has 0 spiro atoms. The molecule has 0 aliphatic rings. The summed E-state index contributed by atoms with van der Waals surface area (Å²) < 4.78 is 0. The third-order valence-electron chi connectivity index (χ3n) is 2.64. The molecule has 1 N–H and O–H groups in total. The standard InChI is InChI=1S/C10H20N4S/c1-5-8(3)14(6-2)7-9-12-13-10(11-4)15-9/h8H,5-7H2,1-4H3,(H,11,13). The summed E-state index contributed by atoms with van der Waals surface area (Å²) in [5.41, 5.74) is 0. The van der Waals surface area contributed by atoms with Crippen LogP contribution >= 0.6 is 11.3 Å². The van der Waals surface area contributed by atoms with Crippen molar-refractivity contribution in [2.24, 2.45) is 0 Å². The largest absolute Gasteiger partial charge is 0.363 e. The Morgan fingerprint density at radius 2 is 2.13 bits per heavy atom. The lowest BCUT2D eigenvalue weighted by Gasteiger charge is -2.25. The molecule has 1 unspecified atom stereocenters. The summed E-state index contributed by atoms with van der Waals surface area (Å²) in [6.45, 7) is 8.62. The highest BCUT2D eigenvalue weighted by molar-refractivity contribution is 7.15. The SMILES string of the molecule is CCC(C)N(CC)Cc1nnc(NC)s1. The van der Waals surface area contributed by atoms with Crippen molar-refractivity contribution in [3.05, 3.63) is 5.01 Å². The van der Waals surface area contributed by atoms with Crippen molar-refractivity contribution in [1.82, 2.24) is 15.1 Å². The number of anilines is 1. The molecule has 1 aromatic heterocycles. The second-order valence-electron chi connectivity index (χ2n) is 3.57. The van der Waals surface area contributed by atoms with Gasteiger partial charge in [-0.05, 0) is 19.9 Å². The Kier molecular flexibility index (Phi) is 4.98. The molecule has 86 valence electrons. The van der Waals surface area contributed by atoms with Crippen LogP contribution in [0.25, 0.3) is 0 Å². The Morgan fingerprint density at radius 3 is 2.60 bits per heavy atom. The monoisotopic (exact) mass is 228 g/mol. The zero-order valence-corrected chi connectivity index (χ0v) is 10.8. The van der Waals surface area contributed by atoms with Crippen molar-refractivity contribution >= 4 is 16.5 Å². The smallest absolute Gasteiger partial charge is 0.205 e. The molecule has 0 saturated heterocycles. The minimum Gasteiger partial charge on any atom is -0.363 e. The first-order chi connectivity index (χ1) is 7.21. The molecule has 0 radical (unpaired) electrons. The van der Waals surface area contributed by atoms with Crippen LogP contribution in [-0.2, 0) is 6.54 Å². The number of rotatable bonds is 6. The first-order valence-corrected chi connectivity index (χ1v) is 6.27. The van der Waals surface area contributed by atoms with Crippen LogP contribution in [0.15, 0.2) is 0 Å². The number of hydrogen-bond donors (Lipinski definition) is 1. The van der Waals surface area contributed by atoms with E-state index in [0.717, 1.165) is 23.2 Å². The fraction of sp³-hybridized carbons (Fsp3) is 0.800. The lowest BCUT2D eigenvalue weighted by Crippen LogP contribution is -2.31. The third kappa shape index (κ3) is 3.43. The van der Waals surface area contributed by atoms with Gasteiger partial charge in [-0.25, -0.2) is 0 Å². The van der Waals surface area contributed by atoms with Gasteiger partial charge in [-0.3, -0.25) is 4.90 Å². The lowest BCUT2D eigenvalue weighted by atomic mass is 10.2. The maximum absolute atomic E-state index is 4.16. The molecule has 4 nitrogen and oxygen atoms in total. The molecule has 1 rings (SSSR count). The fourth-order valence-electron chi connectivity index (χ4n) is 1.43. The van der Waals surface area contributed by atoms with Gasteiger partial charge in [0.1, 0.15) is 5.01 Å². The average molecular weight is 228 g/mol. The highest BCUT2D eigenvalue weighted by Gasteiger charge is 2.13. The number of nitrogens with one attached hydrogen (secondary N) is 1. The Labute approximate surface area is 95.7 Å². The molecule has 0 amide bonds. The Bertz CT molecular complexity index is 287. The third-order valence-corrected chi connectivity index (χ3v) is 3.56. The minimum absolute atomic E-state index is 0.608. The molecular formula is C10H20N4S. The van der Waals surface area contributed by atoms with Gasteiger partial charge in [0.2, 0.25) is 5.13 Å². The van der Waals surface area contributed by atoms with Gasteiger partial charge in [0.25, 0.3) is 0 Å². The van der Waals surface area contributed by atoms with Crippen LogP contribution in [0.5, 0.6) is 0 Å². The maximum atomic E-state index is 4.16. The second kappa shape index (κ2) is 6.02. The van der Waals surface area contributed by atoms with Gasteiger partial charge in [-0.2, -0.15) is 0 Å². The lowest BCUT2D eigenvalue weighted by molar-refractivity contribution is 0.205. The molecule has 0 aliphatic carbocycles. The fourth-order valence-corrected chi connectivity index (χ4v) is 2.15. The topological polar surface area (TPSA) is 41.1 Å². The first-order valence-electron chi connectivity index (χ1n) is 5.45. The van der Waals surface area contributed by atoms with Crippen LogP contribution in [0.1, 0.15) is 32.2 Å². The zero-order chi connectivity index (χ0) is 11.3. The van der Waals surface area contributed by atoms with E-state index in [0.29, 0.717) is 6.04 Å². The Balaban J connectivity index is 2.58. The minimum atomic E-state index is 0.608. The molecule has 1 atom stereocenters. The summed E-state index contributed by atoms with van der Waals surface area (Å²) in [5.74, 6) is 0. The summed E-state index contributed by atoms with van der Waals surface area (Å²) in [7, 11) is 1.87. The summed E-state index contributed by atoms with van der Waals surface area (Å²) in [5, 5.41) is 13.2. The molecule has 1 aromatic rings. The van der Waals surface area contributed by atoms with E-state index in [1.807, 2.05) is 7.05 Å². The highest BCUT2D eigenvalue weighted by Crippen LogP contribution is 2.17. The molecular weight excluding hydrogens is 208 g/mol. The summed E-state index contributed by atoms with van der Waals surface area (Å²) in [6.07, 6.45) is 1.17. The van der Waals surface area contributed by atoms with Crippen molar-refractivity contribution < 1.29 is 0 Å². The maximum Gasteiger partial charge on any atom is 0.205 e. The normalized spacial score (nSPS) is 13.1. The Morgan fingerprint density at radius 1 is 1.40 bits per heavy atom. The molecule has 5 heteroatoms. The van der Waals surface area contributed by atoms with Gasteiger partial charge < -0.3 is 5.32 Å². The molecule has 15 heavy (non-hydrogen) atoms. The molecule has 1 heterocycles. The van der Waals surface area contributed by atoms with Crippen LogP contribution in [0.2, 0.25) is 0 Å². The Hall–Kier alpha value is -0.680. The van der Waals surface area contributed by atoms with Crippen molar-refractivity contribution in [3.8, 4) is 0 Å². The zero-order valence-electron chi connectivity index (χ0n) is 9.95. The van der Waals surface area contributed by atoms with E-state index >= 15 is 0 Å². The molecule has 0 saturated carbocycles. The predicted molar refractivity (Wildman–Crippen MR) is 65.3 cm³/mol. The van der Waals surface area contributed by atoms with Gasteiger partial charge >= 0.3 is 0 Å². The molecule has 0 fully saturated rings. The van der Waals surface area contributed by atoms with E-state index in [4.69, 9.17) is 0 Å². The van der Waals surface area contributed by atoms with E-state index in [9.17, 15) is 0 Å². The van der Waals surface area contributed by atoms with E-state index in [1.165, 1.54) is 6.42 Å². The van der Waals surface area contributed by atoms with Crippen LogP contribution < -0.4 is 5.32 Å². The van der Waals surface area contributed by atoms with Crippen molar-refractivity contribution in [2.75, 3.05) is 18.9 Å². The number of hydrogen-bond acceptors (Lipinski definition) is 5. The van der Waals surface area contributed by atoms with Crippen LogP contribution in [0.4, 0.5) is 5.13 Å². The van der Waals surface area contributed by atoms with Crippen molar-refractivity contribution in [3.63, 3.8) is 0 Å². The molecule has 0 bridgehead atoms. The van der Waals surface area contributed by atoms with Gasteiger partial charge in [0.05, 0.1) is 6.54 Å². The summed E-state index contributed by atoms with van der Waals surface area (Å²) in [6, 6.07) is 0.608. The van der Waals surface area contributed by atoms with Gasteiger partial charge in [0, 0.05) is 13.1 Å². The summed E-state index contributed by atoms with van der Waals surface area (Å²) >= 11 is 1.63. The second-order valence-corrected chi connectivity index (χ2v) is 4.63. The molecule has 0 aliphatic heterocycles. The van der Waals surface area contributed by atoms with Crippen molar-refractivity contribution in [1.29, 1.82) is 0 Å². The first kappa shape index (κ1) is 12.4. The average Bonchev–Trinajstić information content (AvgIpc) is 2.72. The van der Waals surface area contributed by atoms with Crippen molar-refractivity contribution in [2.45, 2.75) is 39.8 Å². The molecule has 0 aromatic carbocycles. The van der Waals surface area contributed by atoms with E-state index < -0.39 is 0 Å². The van der Waals surface area contributed by atoms with Gasteiger partial charge in [-0.15, -0.1) is 10.2 Å². The number of nitrogens with zero attached hydrogens (tertiary/aromatic N) is 3. The van der Waals surface area contributed by atoms with Crippen LogP contribution in [0.3, 0.4) is 0 Å². The quantitative estimate of drug-likeness (QED) is 0.810. The van der Waals surface area contributed by atoms with Gasteiger partial charge in [-0.1, -0.05) is 25.2 Å². The number of aromatic nitrogens is 2.